The number of benzene rings is 1. The fourth-order valence-corrected chi connectivity index (χ4v) is 4.75. The van der Waals surface area contributed by atoms with Crippen molar-refractivity contribution in [2.75, 3.05) is 38.5 Å². The second-order valence-electron chi connectivity index (χ2n) is 9.38. The third-order valence-electron chi connectivity index (χ3n) is 7.02. The molecular weight excluding hydrogens is 422 g/mol. The van der Waals surface area contributed by atoms with Gasteiger partial charge in [0.05, 0.1) is 6.04 Å². The van der Waals surface area contributed by atoms with Crippen LogP contribution in [0.1, 0.15) is 50.5 Å². The Bertz CT molecular complexity index is 817. The number of hydrogen-bond donors (Lipinski definition) is 4. The molecule has 0 bridgehead atoms. The molecule has 2 aliphatic rings. The molecule has 1 aliphatic carbocycles. The highest BCUT2D eigenvalue weighted by molar-refractivity contribution is 5.95. The Balaban J connectivity index is 1.64. The summed E-state index contributed by atoms with van der Waals surface area (Å²) in [4.78, 5) is 41.0. The van der Waals surface area contributed by atoms with E-state index in [1.54, 1.807) is 17.0 Å². The molecule has 0 aromatic heterocycles. The van der Waals surface area contributed by atoms with Crippen molar-refractivity contribution < 1.29 is 19.5 Å². The van der Waals surface area contributed by atoms with Crippen LogP contribution in [-0.2, 0) is 9.59 Å². The molecule has 9 heteroatoms. The maximum absolute atomic E-state index is 13.1. The predicted octanol–water partition coefficient (Wildman–Crippen LogP) is 2.05. The Hall–Kier alpha value is -2.65. The average Bonchev–Trinajstić information content (AvgIpc) is 2.82. The van der Waals surface area contributed by atoms with Crippen molar-refractivity contribution in [3.8, 4) is 0 Å². The van der Waals surface area contributed by atoms with E-state index in [0.717, 1.165) is 44.3 Å². The summed E-state index contributed by atoms with van der Waals surface area (Å²) in [7, 11) is 2.00. The van der Waals surface area contributed by atoms with Gasteiger partial charge in [0.1, 0.15) is 6.04 Å². The number of rotatable bonds is 7. The van der Waals surface area contributed by atoms with Gasteiger partial charge < -0.3 is 31.3 Å². The van der Waals surface area contributed by atoms with Gasteiger partial charge >= 0.3 is 6.09 Å². The van der Waals surface area contributed by atoms with Crippen LogP contribution >= 0.6 is 0 Å². The number of carboxylic acid groups (broad SMARTS) is 1. The van der Waals surface area contributed by atoms with Crippen LogP contribution in [-0.4, -0.2) is 78.1 Å². The zero-order chi connectivity index (χ0) is 24.0. The van der Waals surface area contributed by atoms with E-state index in [4.69, 9.17) is 5.73 Å². The lowest BCUT2D eigenvalue weighted by Gasteiger charge is -2.36. The standard InChI is InChI=1S/C24H37N5O4/c1-16(21(27-24(32)33)23(31)29-14-12-28(2)13-15-29)17-8-10-19(11-9-17)26-22(30)20(25)18-6-4-3-5-7-18/h8-11,16,18,20-21,27H,3-7,12-15,25H2,1-2H3,(H,26,30)(H,32,33). The molecule has 1 saturated heterocycles. The zero-order valence-corrected chi connectivity index (χ0v) is 19.6. The Kier molecular flexibility index (Phi) is 8.68. The first-order valence-electron chi connectivity index (χ1n) is 11.9. The smallest absolute Gasteiger partial charge is 0.405 e. The maximum atomic E-state index is 13.1. The number of carbonyl (C=O) groups is 3. The number of likely N-dealkylation sites (N-methyl/N-ethyl adjacent to an activating group) is 1. The van der Waals surface area contributed by atoms with Crippen LogP contribution in [0.2, 0.25) is 0 Å². The minimum atomic E-state index is -1.23. The molecule has 33 heavy (non-hydrogen) atoms. The van der Waals surface area contributed by atoms with E-state index in [2.05, 4.69) is 15.5 Å². The summed E-state index contributed by atoms with van der Waals surface area (Å²) in [6.45, 7) is 4.51. The van der Waals surface area contributed by atoms with Crippen LogP contribution in [0.15, 0.2) is 24.3 Å². The van der Waals surface area contributed by atoms with E-state index in [1.807, 2.05) is 26.1 Å². The Morgan fingerprint density at radius 1 is 1.03 bits per heavy atom. The fraction of sp³-hybridized carbons (Fsp3) is 0.625. The van der Waals surface area contributed by atoms with Crippen LogP contribution in [0.5, 0.6) is 0 Å². The second kappa shape index (κ2) is 11.5. The van der Waals surface area contributed by atoms with E-state index < -0.39 is 18.2 Å². The summed E-state index contributed by atoms with van der Waals surface area (Å²) in [5.74, 6) is -0.545. The number of nitrogens with two attached hydrogens (primary N) is 1. The predicted molar refractivity (Wildman–Crippen MR) is 127 cm³/mol. The summed E-state index contributed by atoms with van der Waals surface area (Å²) in [6.07, 6.45) is 4.21. The van der Waals surface area contributed by atoms with E-state index >= 15 is 0 Å². The molecule has 3 unspecified atom stereocenters. The van der Waals surface area contributed by atoms with Gasteiger partial charge in [-0.1, -0.05) is 38.3 Å². The lowest BCUT2D eigenvalue weighted by molar-refractivity contribution is -0.135. The number of anilines is 1. The third kappa shape index (κ3) is 6.68. The fourth-order valence-electron chi connectivity index (χ4n) is 4.75. The van der Waals surface area contributed by atoms with Gasteiger partial charge in [-0.15, -0.1) is 0 Å². The number of nitrogens with zero attached hydrogens (tertiary/aromatic N) is 2. The Morgan fingerprint density at radius 2 is 1.64 bits per heavy atom. The number of hydrogen-bond acceptors (Lipinski definition) is 5. The monoisotopic (exact) mass is 459 g/mol. The summed E-state index contributed by atoms with van der Waals surface area (Å²) in [6, 6.07) is 5.78. The van der Waals surface area contributed by atoms with E-state index in [1.165, 1.54) is 6.42 Å². The van der Waals surface area contributed by atoms with Gasteiger partial charge in [-0.2, -0.15) is 0 Å². The van der Waals surface area contributed by atoms with Gasteiger partial charge in [-0.3, -0.25) is 9.59 Å². The first-order valence-corrected chi connectivity index (χ1v) is 11.9. The average molecular weight is 460 g/mol. The lowest BCUT2D eigenvalue weighted by Crippen LogP contribution is -2.55. The molecule has 1 aromatic rings. The minimum absolute atomic E-state index is 0.182. The molecule has 9 nitrogen and oxygen atoms in total. The van der Waals surface area contributed by atoms with Crippen LogP contribution in [0, 0.1) is 5.92 Å². The van der Waals surface area contributed by atoms with E-state index in [9.17, 15) is 19.5 Å². The summed E-state index contributed by atoms with van der Waals surface area (Å²) < 4.78 is 0. The van der Waals surface area contributed by atoms with Crippen molar-refractivity contribution in [2.45, 2.75) is 57.0 Å². The molecule has 1 aliphatic heterocycles. The largest absolute Gasteiger partial charge is 0.465 e. The lowest BCUT2D eigenvalue weighted by atomic mass is 9.84. The number of nitrogens with one attached hydrogen (secondary N) is 2. The SMILES string of the molecule is CC(c1ccc(NC(=O)C(N)C2CCCCC2)cc1)C(NC(=O)O)C(=O)N1CCN(C)CC1. The van der Waals surface area contributed by atoms with Crippen molar-refractivity contribution in [3.05, 3.63) is 29.8 Å². The second-order valence-corrected chi connectivity index (χ2v) is 9.38. The maximum Gasteiger partial charge on any atom is 0.405 e. The minimum Gasteiger partial charge on any atom is -0.465 e. The number of amides is 3. The highest BCUT2D eigenvalue weighted by atomic mass is 16.4. The molecule has 1 aromatic carbocycles. The molecule has 182 valence electrons. The van der Waals surface area contributed by atoms with Gasteiger partial charge in [0.2, 0.25) is 11.8 Å². The summed E-state index contributed by atoms with van der Waals surface area (Å²) in [5, 5.41) is 14.6. The molecule has 3 rings (SSSR count). The molecule has 1 saturated carbocycles. The van der Waals surface area contributed by atoms with Gasteiger partial charge in [0, 0.05) is 37.8 Å². The van der Waals surface area contributed by atoms with Gasteiger partial charge in [0.15, 0.2) is 0 Å². The van der Waals surface area contributed by atoms with Crippen molar-refractivity contribution >= 4 is 23.6 Å². The number of carbonyl (C=O) groups excluding carboxylic acids is 2. The Labute approximate surface area is 195 Å². The molecule has 5 N–H and O–H groups in total. The quantitative estimate of drug-likeness (QED) is 0.494. The van der Waals surface area contributed by atoms with Crippen molar-refractivity contribution in [2.24, 2.45) is 11.7 Å². The summed E-state index contributed by atoms with van der Waals surface area (Å²) in [5.41, 5.74) is 7.64. The topological polar surface area (TPSA) is 128 Å². The van der Waals surface area contributed by atoms with Crippen LogP contribution in [0.3, 0.4) is 0 Å². The van der Waals surface area contributed by atoms with Gasteiger partial charge in [0.25, 0.3) is 0 Å². The summed E-state index contributed by atoms with van der Waals surface area (Å²) >= 11 is 0. The van der Waals surface area contributed by atoms with Crippen LogP contribution in [0.25, 0.3) is 0 Å². The molecule has 0 spiro atoms. The first kappa shape index (κ1) is 25.0. The van der Waals surface area contributed by atoms with E-state index in [-0.39, 0.29) is 23.7 Å². The van der Waals surface area contributed by atoms with E-state index in [0.29, 0.717) is 18.8 Å². The first-order chi connectivity index (χ1) is 15.8. The Morgan fingerprint density at radius 3 is 2.21 bits per heavy atom. The van der Waals surface area contributed by atoms with Gasteiger partial charge in [-0.05, 0) is 43.5 Å². The molecule has 3 atom stereocenters. The molecular formula is C24H37N5O4. The van der Waals surface area contributed by atoms with Crippen molar-refractivity contribution in [1.29, 1.82) is 0 Å². The third-order valence-corrected chi connectivity index (χ3v) is 7.02. The number of piperazine rings is 1. The normalized spacial score (nSPS) is 20.5. The van der Waals surface area contributed by atoms with Crippen LogP contribution in [0.4, 0.5) is 10.5 Å². The highest BCUT2D eigenvalue weighted by Gasteiger charge is 2.33. The highest BCUT2D eigenvalue weighted by Crippen LogP contribution is 2.27. The van der Waals surface area contributed by atoms with Gasteiger partial charge in [-0.25, -0.2) is 4.79 Å². The molecule has 3 amide bonds. The molecule has 2 fully saturated rings. The van der Waals surface area contributed by atoms with Crippen molar-refractivity contribution in [1.82, 2.24) is 15.1 Å². The molecule has 1 heterocycles. The van der Waals surface area contributed by atoms with Crippen LogP contribution < -0.4 is 16.4 Å². The molecule has 0 radical (unpaired) electrons. The van der Waals surface area contributed by atoms with Crippen molar-refractivity contribution in [3.63, 3.8) is 0 Å². The zero-order valence-electron chi connectivity index (χ0n) is 19.6.